The second-order valence-corrected chi connectivity index (χ2v) is 9.57. The quantitative estimate of drug-likeness (QED) is 0.603. The number of piperidine rings is 1. The molecule has 2 atom stereocenters. The zero-order chi connectivity index (χ0) is 23.7. The Morgan fingerprint density at radius 2 is 1.62 bits per heavy atom. The smallest absolute Gasteiger partial charge is 0.308 e. The summed E-state index contributed by atoms with van der Waals surface area (Å²) in [5, 5.41) is 11.8. The summed E-state index contributed by atoms with van der Waals surface area (Å²) < 4.78 is 13.2. The van der Waals surface area contributed by atoms with E-state index in [0.29, 0.717) is 24.6 Å². The lowest BCUT2D eigenvalue weighted by Gasteiger charge is -2.34. The van der Waals surface area contributed by atoms with Gasteiger partial charge in [0.05, 0.1) is 5.92 Å². The van der Waals surface area contributed by atoms with Gasteiger partial charge in [-0.2, -0.15) is 0 Å². The van der Waals surface area contributed by atoms with Gasteiger partial charge in [-0.25, -0.2) is 4.39 Å². The first-order valence-corrected chi connectivity index (χ1v) is 12.0. The zero-order valence-electron chi connectivity index (χ0n) is 19.1. The minimum Gasteiger partial charge on any atom is -0.481 e. The molecule has 3 aromatic carbocycles. The summed E-state index contributed by atoms with van der Waals surface area (Å²) in [5.74, 6) is -1.41. The Labute approximate surface area is 198 Å². The molecule has 5 rings (SSSR count). The van der Waals surface area contributed by atoms with Crippen molar-refractivity contribution in [3.05, 3.63) is 83.7 Å². The summed E-state index contributed by atoms with van der Waals surface area (Å²) in [6.45, 7) is 3.13. The first-order valence-electron chi connectivity index (χ1n) is 12.0. The first kappa shape index (κ1) is 22.5. The Balaban J connectivity index is 1.25. The highest BCUT2D eigenvalue weighted by molar-refractivity contribution is 6.07. The molecule has 1 N–H and O–H groups in total. The Kier molecular flexibility index (Phi) is 6.33. The first-order chi connectivity index (χ1) is 16.5. The number of likely N-dealkylation sites (tertiary alicyclic amines) is 2. The number of amides is 1. The van der Waals surface area contributed by atoms with Gasteiger partial charge in [0.1, 0.15) is 5.82 Å². The van der Waals surface area contributed by atoms with Gasteiger partial charge < -0.3 is 14.9 Å². The molecule has 2 saturated heterocycles. The second-order valence-electron chi connectivity index (χ2n) is 9.57. The van der Waals surface area contributed by atoms with Crippen LogP contribution in [0.25, 0.3) is 10.8 Å². The van der Waals surface area contributed by atoms with E-state index >= 15 is 0 Å². The highest BCUT2D eigenvalue weighted by Gasteiger charge is 2.41. The van der Waals surface area contributed by atoms with E-state index < -0.39 is 11.9 Å². The molecular formula is C28H29FN2O3. The SMILES string of the molecule is O=C(O)[C@@H]1CN(C(=O)c2cccc3ccccc23)CC1CN1CCC(c2ccc(F)cc2)CC1. The van der Waals surface area contributed by atoms with Crippen molar-refractivity contribution in [2.45, 2.75) is 18.8 Å². The number of benzene rings is 3. The predicted molar refractivity (Wildman–Crippen MR) is 129 cm³/mol. The fraction of sp³-hybridized carbons (Fsp3) is 0.357. The van der Waals surface area contributed by atoms with Crippen LogP contribution in [0.2, 0.25) is 0 Å². The molecule has 1 amide bonds. The van der Waals surface area contributed by atoms with Crippen molar-refractivity contribution in [3.8, 4) is 0 Å². The van der Waals surface area contributed by atoms with Crippen molar-refractivity contribution < 1.29 is 19.1 Å². The monoisotopic (exact) mass is 460 g/mol. The average molecular weight is 461 g/mol. The summed E-state index contributed by atoms with van der Waals surface area (Å²) in [4.78, 5) is 29.5. The molecular weight excluding hydrogens is 431 g/mol. The molecule has 0 radical (unpaired) electrons. The summed E-state index contributed by atoms with van der Waals surface area (Å²) in [6, 6.07) is 20.2. The zero-order valence-corrected chi connectivity index (χ0v) is 19.1. The van der Waals surface area contributed by atoms with Gasteiger partial charge >= 0.3 is 5.97 Å². The molecule has 6 heteroatoms. The van der Waals surface area contributed by atoms with Crippen molar-refractivity contribution in [1.82, 2.24) is 9.80 Å². The fourth-order valence-corrected chi connectivity index (χ4v) is 5.60. The number of carboxylic acid groups (broad SMARTS) is 1. The van der Waals surface area contributed by atoms with Crippen LogP contribution in [0.4, 0.5) is 4.39 Å². The molecule has 34 heavy (non-hydrogen) atoms. The Morgan fingerprint density at radius 1 is 0.912 bits per heavy atom. The summed E-state index contributed by atoms with van der Waals surface area (Å²) in [7, 11) is 0. The van der Waals surface area contributed by atoms with Gasteiger partial charge in [-0.05, 0) is 66.4 Å². The Morgan fingerprint density at radius 3 is 2.35 bits per heavy atom. The van der Waals surface area contributed by atoms with Gasteiger partial charge in [0.15, 0.2) is 0 Å². The largest absolute Gasteiger partial charge is 0.481 e. The van der Waals surface area contributed by atoms with Gasteiger partial charge in [0.2, 0.25) is 0 Å². The van der Waals surface area contributed by atoms with Gasteiger partial charge in [0.25, 0.3) is 5.91 Å². The van der Waals surface area contributed by atoms with E-state index in [9.17, 15) is 19.1 Å². The van der Waals surface area contributed by atoms with E-state index in [1.807, 2.05) is 54.6 Å². The van der Waals surface area contributed by atoms with E-state index in [2.05, 4.69) is 4.90 Å². The summed E-state index contributed by atoms with van der Waals surface area (Å²) in [5.41, 5.74) is 1.79. The Hall–Kier alpha value is -3.25. The molecule has 2 aliphatic rings. The average Bonchev–Trinajstić information content (AvgIpc) is 3.28. The number of hydrogen-bond donors (Lipinski definition) is 1. The van der Waals surface area contributed by atoms with Gasteiger partial charge in [0, 0.05) is 31.1 Å². The summed E-state index contributed by atoms with van der Waals surface area (Å²) >= 11 is 0. The predicted octanol–water partition coefficient (Wildman–Crippen LogP) is 4.63. The van der Waals surface area contributed by atoms with E-state index in [4.69, 9.17) is 0 Å². The summed E-state index contributed by atoms with van der Waals surface area (Å²) in [6.07, 6.45) is 1.93. The molecule has 3 aromatic rings. The van der Waals surface area contributed by atoms with E-state index in [1.54, 1.807) is 4.90 Å². The van der Waals surface area contributed by atoms with Crippen LogP contribution in [0.15, 0.2) is 66.7 Å². The normalized spacial score (nSPS) is 21.7. The van der Waals surface area contributed by atoms with Crippen LogP contribution in [0, 0.1) is 17.7 Å². The van der Waals surface area contributed by atoms with Crippen LogP contribution >= 0.6 is 0 Å². The maximum atomic E-state index is 13.4. The van der Waals surface area contributed by atoms with Crippen molar-refractivity contribution >= 4 is 22.6 Å². The van der Waals surface area contributed by atoms with E-state index in [1.165, 1.54) is 12.1 Å². The van der Waals surface area contributed by atoms with Crippen LogP contribution in [0.3, 0.4) is 0 Å². The third kappa shape index (κ3) is 4.55. The number of halogens is 1. The highest BCUT2D eigenvalue weighted by atomic mass is 19.1. The molecule has 5 nitrogen and oxygen atoms in total. The van der Waals surface area contributed by atoms with Crippen LogP contribution < -0.4 is 0 Å². The minimum atomic E-state index is -0.834. The lowest BCUT2D eigenvalue weighted by molar-refractivity contribution is -0.142. The molecule has 0 saturated carbocycles. The second kappa shape index (κ2) is 9.55. The highest BCUT2D eigenvalue weighted by Crippen LogP contribution is 2.32. The number of carbonyl (C=O) groups excluding carboxylic acids is 1. The Bertz CT molecular complexity index is 1180. The molecule has 0 aliphatic carbocycles. The fourth-order valence-electron chi connectivity index (χ4n) is 5.60. The topological polar surface area (TPSA) is 60.9 Å². The van der Waals surface area contributed by atoms with Crippen molar-refractivity contribution in [1.29, 1.82) is 0 Å². The van der Waals surface area contributed by atoms with Crippen molar-refractivity contribution in [3.63, 3.8) is 0 Å². The molecule has 2 heterocycles. The molecule has 0 spiro atoms. The maximum absolute atomic E-state index is 13.4. The number of carbonyl (C=O) groups is 2. The van der Waals surface area contributed by atoms with Crippen molar-refractivity contribution in [2.24, 2.45) is 11.8 Å². The number of hydrogen-bond acceptors (Lipinski definition) is 3. The van der Waals surface area contributed by atoms with Gasteiger partial charge in [-0.3, -0.25) is 9.59 Å². The number of rotatable bonds is 5. The molecule has 2 aliphatic heterocycles. The molecule has 176 valence electrons. The molecule has 1 unspecified atom stereocenters. The number of fused-ring (bicyclic) bond motifs is 1. The maximum Gasteiger partial charge on any atom is 0.308 e. The third-order valence-electron chi connectivity index (χ3n) is 7.49. The molecule has 0 bridgehead atoms. The third-order valence-corrected chi connectivity index (χ3v) is 7.49. The van der Waals surface area contributed by atoms with Crippen LogP contribution in [-0.4, -0.2) is 59.5 Å². The van der Waals surface area contributed by atoms with E-state index in [0.717, 1.165) is 42.3 Å². The molecule has 0 aromatic heterocycles. The number of aliphatic carboxylic acids is 1. The van der Waals surface area contributed by atoms with Crippen LogP contribution in [-0.2, 0) is 4.79 Å². The number of carboxylic acids is 1. The van der Waals surface area contributed by atoms with Crippen LogP contribution in [0.5, 0.6) is 0 Å². The lowest BCUT2D eigenvalue weighted by atomic mass is 9.88. The standard InChI is InChI=1S/C28H29FN2O3/c29-23-10-8-19(9-11-23)20-12-14-30(15-13-20)16-22-17-31(18-26(22)28(33)34)27(32)25-7-3-5-21-4-1-2-6-24(21)25/h1-11,20,22,26H,12-18H2,(H,33,34)/t22?,26-/m1/s1. The van der Waals surface area contributed by atoms with Crippen molar-refractivity contribution in [2.75, 3.05) is 32.7 Å². The number of nitrogens with zero attached hydrogens (tertiary/aromatic N) is 2. The van der Waals surface area contributed by atoms with Gasteiger partial charge in [-0.1, -0.05) is 48.5 Å². The molecule has 2 fully saturated rings. The van der Waals surface area contributed by atoms with E-state index in [-0.39, 0.29) is 24.2 Å². The lowest BCUT2D eigenvalue weighted by Crippen LogP contribution is -2.39. The van der Waals surface area contributed by atoms with Gasteiger partial charge in [-0.15, -0.1) is 0 Å². The minimum absolute atomic E-state index is 0.0967. The van der Waals surface area contributed by atoms with Crippen LogP contribution in [0.1, 0.15) is 34.7 Å².